The summed E-state index contributed by atoms with van der Waals surface area (Å²) in [6.07, 6.45) is 2.52. The predicted octanol–water partition coefficient (Wildman–Crippen LogP) is 3.18. The molecule has 1 spiro atoms. The molecule has 33 heavy (non-hydrogen) atoms. The molecule has 3 heterocycles. The van der Waals surface area contributed by atoms with Gasteiger partial charge in [-0.3, -0.25) is 4.98 Å². The minimum Gasteiger partial charge on any atom is -0.391 e. The van der Waals surface area contributed by atoms with Crippen LogP contribution in [-0.2, 0) is 14.8 Å². The Balaban J connectivity index is 1.56. The second-order valence-electron chi connectivity index (χ2n) is 9.53. The van der Waals surface area contributed by atoms with Crippen molar-refractivity contribution in [3.63, 3.8) is 0 Å². The van der Waals surface area contributed by atoms with Crippen LogP contribution in [0.2, 0.25) is 0 Å². The Morgan fingerprint density at radius 2 is 2.00 bits per heavy atom. The first-order valence-electron chi connectivity index (χ1n) is 11.4. The lowest BCUT2D eigenvalue weighted by atomic mass is 9.77. The molecule has 0 bridgehead atoms. The number of aromatic nitrogens is 1. The molecular weight excluding hydrogens is 445 g/mol. The summed E-state index contributed by atoms with van der Waals surface area (Å²) in [4.78, 5) is 6.04. The quantitative estimate of drug-likeness (QED) is 0.664. The number of sulfonamides is 1. The number of benzene rings is 1. The van der Waals surface area contributed by atoms with Crippen molar-refractivity contribution >= 4 is 15.7 Å². The molecule has 2 fully saturated rings. The van der Waals surface area contributed by atoms with E-state index in [0.29, 0.717) is 37.7 Å². The number of ether oxygens (including phenoxy) is 1. The van der Waals surface area contributed by atoms with Crippen LogP contribution in [0.15, 0.2) is 41.4 Å². The lowest BCUT2D eigenvalue weighted by Crippen LogP contribution is -2.39. The SMILES string of the molecule is Cc1cccnc1C(NS(=O)(=O)c1ccc(N2CC(O)C3(CCOCC3)C2)c(F)c1)C(C)C. The molecule has 1 aromatic carbocycles. The van der Waals surface area contributed by atoms with Gasteiger partial charge in [-0.05, 0) is 55.5 Å². The molecule has 180 valence electrons. The first-order valence-corrected chi connectivity index (χ1v) is 12.9. The molecule has 9 heteroatoms. The largest absolute Gasteiger partial charge is 0.391 e. The Morgan fingerprint density at radius 3 is 2.64 bits per heavy atom. The first-order chi connectivity index (χ1) is 15.6. The number of aliphatic hydroxyl groups excluding tert-OH is 1. The smallest absolute Gasteiger partial charge is 0.241 e. The Bertz CT molecular complexity index is 1100. The number of hydrogen-bond acceptors (Lipinski definition) is 6. The van der Waals surface area contributed by atoms with Crippen LogP contribution in [0.5, 0.6) is 0 Å². The predicted molar refractivity (Wildman–Crippen MR) is 124 cm³/mol. The molecule has 4 rings (SSSR count). The van der Waals surface area contributed by atoms with E-state index < -0.39 is 28.0 Å². The third-order valence-corrected chi connectivity index (χ3v) is 8.40. The summed E-state index contributed by atoms with van der Waals surface area (Å²) in [6, 6.07) is 7.12. The van der Waals surface area contributed by atoms with Crippen LogP contribution in [0, 0.1) is 24.1 Å². The van der Waals surface area contributed by atoms with Gasteiger partial charge in [0.25, 0.3) is 0 Å². The van der Waals surface area contributed by atoms with E-state index >= 15 is 4.39 Å². The number of aliphatic hydroxyl groups is 1. The summed E-state index contributed by atoms with van der Waals surface area (Å²) in [5.41, 5.74) is 1.54. The van der Waals surface area contributed by atoms with E-state index in [-0.39, 0.29) is 16.2 Å². The second kappa shape index (κ2) is 9.29. The van der Waals surface area contributed by atoms with Crippen LogP contribution < -0.4 is 9.62 Å². The van der Waals surface area contributed by atoms with Gasteiger partial charge in [-0.2, -0.15) is 0 Å². The molecule has 1 aromatic heterocycles. The molecule has 0 amide bonds. The highest BCUT2D eigenvalue weighted by molar-refractivity contribution is 7.89. The number of β-amino-alcohol motifs (C(OH)–C–C–N with tert-alkyl or cyclic N) is 1. The summed E-state index contributed by atoms with van der Waals surface area (Å²) < 4.78 is 49.6. The highest BCUT2D eigenvalue weighted by Crippen LogP contribution is 2.42. The van der Waals surface area contributed by atoms with Crippen molar-refractivity contribution in [1.82, 2.24) is 9.71 Å². The van der Waals surface area contributed by atoms with Crippen LogP contribution in [0.1, 0.15) is 44.0 Å². The van der Waals surface area contributed by atoms with Gasteiger partial charge in [0.05, 0.1) is 28.4 Å². The van der Waals surface area contributed by atoms with Crippen LogP contribution in [0.25, 0.3) is 0 Å². The standard InChI is InChI=1S/C24H32FN3O4S/c1-16(2)22(23-17(3)5-4-10-26-23)27-33(30,31)18-6-7-20(19(25)13-18)28-14-21(29)24(15-28)8-11-32-12-9-24/h4-7,10,13,16,21-22,27,29H,8-9,11-12,14-15H2,1-3H3. The Morgan fingerprint density at radius 1 is 1.27 bits per heavy atom. The normalized spacial score (nSPS) is 21.6. The molecule has 2 saturated heterocycles. The molecular formula is C24H32FN3O4S. The molecule has 7 nitrogen and oxygen atoms in total. The fourth-order valence-corrected chi connectivity index (χ4v) is 6.24. The number of rotatable bonds is 6. The van der Waals surface area contributed by atoms with Gasteiger partial charge in [-0.15, -0.1) is 0 Å². The summed E-state index contributed by atoms with van der Waals surface area (Å²) in [6.45, 7) is 7.72. The van der Waals surface area contributed by atoms with Crippen molar-refractivity contribution in [2.75, 3.05) is 31.2 Å². The number of aryl methyl sites for hydroxylation is 1. The van der Waals surface area contributed by atoms with Crippen molar-refractivity contribution in [3.05, 3.63) is 53.6 Å². The molecule has 2 aromatic rings. The molecule has 2 N–H and O–H groups in total. The maximum absolute atomic E-state index is 15.1. The number of nitrogens with zero attached hydrogens (tertiary/aromatic N) is 2. The van der Waals surface area contributed by atoms with Gasteiger partial charge in [-0.25, -0.2) is 17.5 Å². The average Bonchev–Trinajstić information content (AvgIpc) is 3.08. The van der Waals surface area contributed by atoms with E-state index in [1.165, 1.54) is 12.1 Å². The van der Waals surface area contributed by atoms with E-state index in [9.17, 15) is 13.5 Å². The van der Waals surface area contributed by atoms with Crippen molar-refractivity contribution in [2.24, 2.45) is 11.3 Å². The third kappa shape index (κ3) is 4.77. The van der Waals surface area contributed by atoms with Crippen LogP contribution in [0.4, 0.5) is 10.1 Å². The van der Waals surface area contributed by atoms with Crippen LogP contribution in [-0.4, -0.2) is 50.9 Å². The molecule has 2 aliphatic rings. The topological polar surface area (TPSA) is 91.8 Å². The first kappa shape index (κ1) is 24.1. The summed E-state index contributed by atoms with van der Waals surface area (Å²) in [5, 5.41) is 10.7. The maximum Gasteiger partial charge on any atom is 0.241 e. The van der Waals surface area contributed by atoms with Crippen LogP contribution >= 0.6 is 0 Å². The lowest BCUT2D eigenvalue weighted by Gasteiger charge is -2.35. The Labute approximate surface area is 195 Å². The average molecular weight is 478 g/mol. The third-order valence-electron chi connectivity index (χ3n) is 6.96. The van der Waals surface area contributed by atoms with Crippen molar-refractivity contribution in [2.45, 2.75) is 50.7 Å². The second-order valence-corrected chi connectivity index (χ2v) is 11.2. The van der Waals surface area contributed by atoms with E-state index in [2.05, 4.69) is 9.71 Å². The zero-order valence-electron chi connectivity index (χ0n) is 19.3. The minimum absolute atomic E-state index is 0.0563. The monoisotopic (exact) mass is 477 g/mol. The number of halogens is 1. The number of anilines is 1. The van der Waals surface area contributed by atoms with Gasteiger partial charge in [-0.1, -0.05) is 19.9 Å². The van der Waals surface area contributed by atoms with E-state index in [1.54, 1.807) is 12.3 Å². The zero-order chi connectivity index (χ0) is 23.8. The van der Waals surface area contributed by atoms with Gasteiger partial charge in [0.15, 0.2) is 0 Å². The van der Waals surface area contributed by atoms with Gasteiger partial charge < -0.3 is 14.7 Å². The van der Waals surface area contributed by atoms with Gasteiger partial charge in [0.1, 0.15) is 5.82 Å². The molecule has 0 aliphatic carbocycles. The lowest BCUT2D eigenvalue weighted by molar-refractivity contribution is -0.0334. The molecule has 2 aliphatic heterocycles. The molecule has 2 atom stereocenters. The summed E-state index contributed by atoms with van der Waals surface area (Å²) in [7, 11) is -3.98. The van der Waals surface area contributed by atoms with Crippen molar-refractivity contribution in [1.29, 1.82) is 0 Å². The van der Waals surface area contributed by atoms with Crippen LogP contribution in [0.3, 0.4) is 0 Å². The molecule has 0 radical (unpaired) electrons. The number of nitrogens with one attached hydrogen (secondary N) is 1. The van der Waals surface area contributed by atoms with Crippen molar-refractivity contribution < 1.29 is 22.7 Å². The Kier molecular flexibility index (Phi) is 6.77. The van der Waals surface area contributed by atoms with Crippen molar-refractivity contribution in [3.8, 4) is 0 Å². The fourth-order valence-electron chi connectivity index (χ4n) is 4.88. The van der Waals surface area contributed by atoms with Gasteiger partial charge in [0.2, 0.25) is 10.0 Å². The minimum atomic E-state index is -3.98. The molecule has 2 unspecified atom stereocenters. The highest BCUT2D eigenvalue weighted by Gasteiger charge is 2.47. The van der Waals surface area contributed by atoms with Gasteiger partial charge in [0, 0.05) is 37.9 Å². The highest BCUT2D eigenvalue weighted by atomic mass is 32.2. The van der Waals surface area contributed by atoms with E-state index in [4.69, 9.17) is 4.74 Å². The summed E-state index contributed by atoms with van der Waals surface area (Å²) in [5.74, 6) is -0.677. The van der Waals surface area contributed by atoms with E-state index in [1.807, 2.05) is 31.7 Å². The number of pyridine rings is 1. The zero-order valence-corrected chi connectivity index (χ0v) is 20.1. The summed E-state index contributed by atoms with van der Waals surface area (Å²) >= 11 is 0. The Hall–Kier alpha value is -2.07. The number of hydrogen-bond donors (Lipinski definition) is 2. The molecule has 0 saturated carbocycles. The van der Waals surface area contributed by atoms with Gasteiger partial charge >= 0.3 is 0 Å². The maximum atomic E-state index is 15.1. The van der Waals surface area contributed by atoms with E-state index in [0.717, 1.165) is 24.5 Å². The fraction of sp³-hybridized carbons (Fsp3) is 0.542.